The zero-order valence-electron chi connectivity index (χ0n) is 22.4. The number of aromatic amines is 1. The molecule has 206 valence electrons. The Balaban J connectivity index is 1.97. The molecule has 3 rings (SSSR count). The second kappa shape index (κ2) is 12.4. The van der Waals surface area contributed by atoms with E-state index in [1.165, 1.54) is 12.3 Å². The van der Waals surface area contributed by atoms with Crippen LogP contribution in [0, 0.1) is 0 Å². The van der Waals surface area contributed by atoms with E-state index in [9.17, 15) is 18.6 Å². The van der Waals surface area contributed by atoms with Crippen molar-refractivity contribution in [1.29, 1.82) is 0 Å². The molecule has 1 aromatic heterocycles. The minimum Gasteiger partial charge on any atom is -0.488 e. The van der Waals surface area contributed by atoms with Crippen LogP contribution in [-0.2, 0) is 14.6 Å². The number of benzene rings is 1. The van der Waals surface area contributed by atoms with Gasteiger partial charge in [-0.15, -0.1) is 0 Å². The molecular weight excluding hydrogens is 510 g/mol. The standard InChI is InChI=1S/C27H35N3O7S/c1-7-26(38(6,33)34)28-13-25(16(2)3)37-21-11-19(10-20(12-21)36-17(4)14-31)22-8-9-23(29-22)27-30-24(15-35-27)18(5)32/h7-13,17-18,24,29,31-32H,14-15H2,1-6H3/b26-7+,28-13?/t17-,18-,24-/m0/s1. The van der Waals surface area contributed by atoms with E-state index in [4.69, 9.17) is 14.2 Å². The quantitative estimate of drug-likeness (QED) is 0.289. The Morgan fingerprint density at radius 3 is 2.50 bits per heavy atom. The van der Waals surface area contributed by atoms with Crippen LogP contribution in [0.15, 0.2) is 62.8 Å². The van der Waals surface area contributed by atoms with Gasteiger partial charge in [-0.2, -0.15) is 0 Å². The number of aliphatic hydroxyl groups is 2. The summed E-state index contributed by atoms with van der Waals surface area (Å²) in [6.45, 7) is 8.81. The van der Waals surface area contributed by atoms with Gasteiger partial charge in [-0.25, -0.2) is 18.4 Å². The Kier molecular flexibility index (Phi) is 9.53. The van der Waals surface area contributed by atoms with E-state index in [0.717, 1.165) is 23.1 Å². The number of rotatable bonds is 11. The number of sulfone groups is 1. The van der Waals surface area contributed by atoms with E-state index in [-0.39, 0.29) is 17.7 Å². The molecule has 1 aliphatic rings. The number of nitrogens with zero attached hydrogens (tertiary/aromatic N) is 2. The number of aromatic nitrogens is 1. The summed E-state index contributed by atoms with van der Waals surface area (Å²) in [5.41, 5.74) is 2.91. The van der Waals surface area contributed by atoms with E-state index in [1.807, 2.05) is 32.0 Å². The summed E-state index contributed by atoms with van der Waals surface area (Å²) in [4.78, 5) is 11.8. The van der Waals surface area contributed by atoms with E-state index in [1.54, 1.807) is 32.9 Å². The highest BCUT2D eigenvalue weighted by Gasteiger charge is 2.25. The Bertz CT molecular complexity index is 1370. The topological polar surface area (TPSA) is 143 Å². The van der Waals surface area contributed by atoms with Gasteiger partial charge < -0.3 is 29.4 Å². The molecule has 3 atom stereocenters. The minimum absolute atomic E-state index is 0.0665. The smallest absolute Gasteiger partial charge is 0.233 e. The van der Waals surface area contributed by atoms with Crippen molar-refractivity contribution in [3.8, 4) is 22.8 Å². The number of allylic oxidation sites excluding steroid dienone is 3. The van der Waals surface area contributed by atoms with Gasteiger partial charge in [-0.05, 0) is 64.5 Å². The van der Waals surface area contributed by atoms with Crippen LogP contribution in [-0.4, -0.2) is 73.4 Å². The SMILES string of the molecule is C/C=C(\N=CC(Oc1cc(O[C@@H](C)CO)cc(-c2ccc(C3=N[C@H]([C@H](C)O)CO3)[nH]2)c1)=C(C)C)S(C)(=O)=O. The molecule has 0 saturated carbocycles. The number of hydrogen-bond acceptors (Lipinski definition) is 9. The molecule has 0 aliphatic carbocycles. The summed E-state index contributed by atoms with van der Waals surface area (Å²) in [6, 6.07) is 8.67. The first-order valence-corrected chi connectivity index (χ1v) is 14.1. The summed E-state index contributed by atoms with van der Waals surface area (Å²) in [5.74, 6) is 1.69. The summed E-state index contributed by atoms with van der Waals surface area (Å²) in [5, 5.41) is 19.2. The highest BCUT2D eigenvalue weighted by atomic mass is 32.2. The second-order valence-corrected chi connectivity index (χ2v) is 11.2. The van der Waals surface area contributed by atoms with Crippen molar-refractivity contribution in [2.75, 3.05) is 19.5 Å². The van der Waals surface area contributed by atoms with Gasteiger partial charge in [-0.1, -0.05) is 6.08 Å². The minimum atomic E-state index is -3.48. The Hall–Kier alpha value is -3.41. The fraction of sp³-hybridized carbons (Fsp3) is 0.407. The molecule has 2 aromatic rings. The maximum absolute atomic E-state index is 11.9. The lowest BCUT2D eigenvalue weighted by molar-refractivity contribution is 0.129. The average Bonchev–Trinajstić information content (AvgIpc) is 3.52. The zero-order valence-corrected chi connectivity index (χ0v) is 23.2. The van der Waals surface area contributed by atoms with Crippen LogP contribution < -0.4 is 9.47 Å². The first-order valence-electron chi connectivity index (χ1n) is 12.2. The Morgan fingerprint density at radius 1 is 1.24 bits per heavy atom. The van der Waals surface area contributed by atoms with Crippen LogP contribution in [0.1, 0.15) is 40.3 Å². The summed E-state index contributed by atoms with van der Waals surface area (Å²) in [7, 11) is -3.48. The van der Waals surface area contributed by atoms with Gasteiger partial charge in [0.2, 0.25) is 5.90 Å². The second-order valence-electron chi connectivity index (χ2n) is 9.27. The fourth-order valence-corrected chi connectivity index (χ4v) is 4.16. The molecule has 3 N–H and O–H groups in total. The molecule has 11 heteroatoms. The molecule has 0 fully saturated rings. The lowest BCUT2D eigenvalue weighted by Gasteiger charge is -2.16. The van der Waals surface area contributed by atoms with Crippen molar-refractivity contribution >= 4 is 21.9 Å². The highest BCUT2D eigenvalue weighted by molar-refractivity contribution is 7.94. The van der Waals surface area contributed by atoms with Crippen LogP contribution in [0.3, 0.4) is 0 Å². The molecule has 0 radical (unpaired) electrons. The fourth-order valence-electron chi connectivity index (χ4n) is 3.49. The average molecular weight is 546 g/mol. The van der Waals surface area contributed by atoms with Crippen LogP contribution in [0.5, 0.6) is 11.5 Å². The van der Waals surface area contributed by atoms with Gasteiger partial charge in [0.05, 0.1) is 18.9 Å². The molecule has 2 heterocycles. The van der Waals surface area contributed by atoms with Crippen molar-refractivity contribution in [2.45, 2.75) is 52.9 Å². The monoisotopic (exact) mass is 545 g/mol. The third-order valence-corrected chi connectivity index (χ3v) is 6.69. The van der Waals surface area contributed by atoms with Crippen LogP contribution in [0.4, 0.5) is 0 Å². The molecular formula is C27H35N3O7S. The summed E-state index contributed by atoms with van der Waals surface area (Å²) < 4.78 is 41.5. The number of H-pyrrole nitrogens is 1. The molecule has 10 nitrogen and oxygen atoms in total. The number of aliphatic hydroxyl groups excluding tert-OH is 2. The molecule has 0 unspecified atom stereocenters. The molecule has 1 aromatic carbocycles. The van der Waals surface area contributed by atoms with Crippen LogP contribution in [0.2, 0.25) is 0 Å². The predicted molar refractivity (Wildman–Crippen MR) is 147 cm³/mol. The Morgan fingerprint density at radius 2 is 1.92 bits per heavy atom. The van der Waals surface area contributed by atoms with Gasteiger partial charge in [0.1, 0.15) is 41.7 Å². The van der Waals surface area contributed by atoms with Crippen molar-refractivity contribution < 1.29 is 32.8 Å². The van der Waals surface area contributed by atoms with E-state index in [0.29, 0.717) is 35.5 Å². The normalized spacial score (nSPS) is 17.6. The van der Waals surface area contributed by atoms with Gasteiger partial charge in [0.15, 0.2) is 14.9 Å². The number of ether oxygens (including phenoxy) is 3. The molecule has 0 bridgehead atoms. The van der Waals surface area contributed by atoms with E-state index >= 15 is 0 Å². The molecule has 0 saturated heterocycles. The summed E-state index contributed by atoms with van der Waals surface area (Å²) in [6.07, 6.45) is 2.82. The summed E-state index contributed by atoms with van der Waals surface area (Å²) >= 11 is 0. The molecule has 38 heavy (non-hydrogen) atoms. The van der Waals surface area contributed by atoms with Crippen molar-refractivity contribution in [1.82, 2.24) is 4.98 Å². The van der Waals surface area contributed by atoms with Crippen molar-refractivity contribution in [3.63, 3.8) is 0 Å². The Labute approximate surface area is 223 Å². The maximum atomic E-state index is 11.9. The van der Waals surface area contributed by atoms with Crippen LogP contribution in [0.25, 0.3) is 11.3 Å². The third-order valence-electron chi connectivity index (χ3n) is 5.59. The lowest BCUT2D eigenvalue weighted by atomic mass is 10.1. The van der Waals surface area contributed by atoms with Crippen molar-refractivity contribution in [2.24, 2.45) is 9.98 Å². The zero-order chi connectivity index (χ0) is 28.0. The number of hydrogen-bond donors (Lipinski definition) is 3. The largest absolute Gasteiger partial charge is 0.488 e. The van der Waals surface area contributed by atoms with Gasteiger partial charge >= 0.3 is 0 Å². The first-order chi connectivity index (χ1) is 17.9. The predicted octanol–water partition coefficient (Wildman–Crippen LogP) is 3.62. The van der Waals surface area contributed by atoms with Gasteiger partial charge in [-0.3, -0.25) is 0 Å². The van der Waals surface area contributed by atoms with Crippen LogP contribution >= 0.6 is 0 Å². The van der Waals surface area contributed by atoms with Gasteiger partial charge in [0, 0.05) is 23.6 Å². The van der Waals surface area contributed by atoms with Gasteiger partial charge in [0.25, 0.3) is 0 Å². The van der Waals surface area contributed by atoms with E-state index < -0.39 is 22.0 Å². The number of nitrogens with one attached hydrogen (secondary N) is 1. The molecule has 0 spiro atoms. The first kappa shape index (κ1) is 29.2. The van der Waals surface area contributed by atoms with Crippen molar-refractivity contribution in [3.05, 3.63) is 58.5 Å². The third kappa shape index (κ3) is 7.56. The lowest BCUT2D eigenvalue weighted by Crippen LogP contribution is -2.21. The molecule has 0 amide bonds. The highest BCUT2D eigenvalue weighted by Crippen LogP contribution is 2.32. The molecule has 1 aliphatic heterocycles. The maximum Gasteiger partial charge on any atom is 0.233 e. The van der Waals surface area contributed by atoms with E-state index in [2.05, 4.69) is 15.0 Å². The number of aliphatic imine (C=N–C) groups is 2.